The summed E-state index contributed by atoms with van der Waals surface area (Å²) in [7, 11) is -3.12. The van der Waals surface area contributed by atoms with Gasteiger partial charge in [-0.05, 0) is 0 Å². The maximum atomic E-state index is 4.97. The summed E-state index contributed by atoms with van der Waals surface area (Å²) in [5, 5.41) is 11.5. The summed E-state index contributed by atoms with van der Waals surface area (Å²) in [5.74, 6) is 0. The molecule has 7 heteroatoms. The maximum absolute atomic E-state index is 4.97. The van der Waals surface area contributed by atoms with Crippen molar-refractivity contribution in [1.29, 1.82) is 0 Å². The fourth-order valence-corrected chi connectivity index (χ4v) is 46.4. The molecule has 0 heterocycles. The Kier molecular flexibility index (Phi) is 15.4. The van der Waals surface area contributed by atoms with Gasteiger partial charge in [-0.2, -0.15) is 0 Å². The molecule has 0 aliphatic heterocycles. The second kappa shape index (κ2) is 21.3. The molecule has 0 saturated carbocycles. The summed E-state index contributed by atoms with van der Waals surface area (Å²) in [5.41, 5.74) is 0. The third-order valence-corrected chi connectivity index (χ3v) is 44.1. The average Bonchev–Trinajstić information content (AvgIpc) is 3.31. The van der Waals surface area contributed by atoms with Gasteiger partial charge < -0.3 is 0 Å². The molecule has 8 rings (SSSR count). The van der Waals surface area contributed by atoms with E-state index in [2.05, 4.69) is 243 Å². The molecule has 0 aromatic heterocycles. The Bertz CT molecular complexity index is 2100. The Morgan fingerprint density at radius 1 is 0.271 bits per heavy atom. The van der Waals surface area contributed by atoms with Gasteiger partial charge in [-0.25, -0.2) is 0 Å². The first-order valence-corrected chi connectivity index (χ1v) is 34.4. The van der Waals surface area contributed by atoms with E-state index in [1.54, 1.807) is 0 Å². The SMILES string of the molecule is [Br][Pd]([Br])([CH](CP(c1ccccc1)c1ccccc1)P(c1ccccc1)c1ccccc1)[CH](CP(c1ccccc1)c1ccccc1)P(c1ccccc1)c1ccccc1. The molecule has 298 valence electrons. The molecule has 0 radical (unpaired) electrons. The molecule has 2 unspecified atom stereocenters. The molecule has 2 atom stereocenters. The first-order chi connectivity index (χ1) is 29.1. The Balaban J connectivity index is 1.40. The fraction of sp³-hybridized carbons (Fsp3) is 0.0769. The summed E-state index contributed by atoms with van der Waals surface area (Å²) in [6, 6.07) is 91.3. The van der Waals surface area contributed by atoms with Crippen LogP contribution in [0, 0.1) is 0 Å². The van der Waals surface area contributed by atoms with Crippen LogP contribution in [-0.2, 0) is 11.5 Å². The van der Waals surface area contributed by atoms with Crippen molar-refractivity contribution in [3.63, 3.8) is 0 Å². The molecule has 0 nitrogen and oxygen atoms in total. The molecule has 0 saturated heterocycles. The Morgan fingerprint density at radius 3 is 0.627 bits per heavy atom. The van der Waals surface area contributed by atoms with Crippen molar-refractivity contribution in [1.82, 2.24) is 0 Å². The van der Waals surface area contributed by atoms with Crippen LogP contribution in [0.1, 0.15) is 0 Å². The topological polar surface area (TPSA) is 0 Å². The van der Waals surface area contributed by atoms with Crippen molar-refractivity contribution in [2.24, 2.45) is 0 Å². The molecular weight excluding hydrogens is 1010 g/mol. The van der Waals surface area contributed by atoms with Gasteiger partial charge in [-0.15, -0.1) is 0 Å². The average molecular weight is 1060 g/mol. The van der Waals surface area contributed by atoms with Crippen LogP contribution in [0.15, 0.2) is 243 Å². The quantitative estimate of drug-likeness (QED) is 0.0668. The molecule has 0 aliphatic carbocycles. The second-order valence-electron chi connectivity index (χ2n) is 13.9. The number of hydrogen-bond acceptors (Lipinski definition) is 0. The van der Waals surface area contributed by atoms with E-state index in [-0.39, 0.29) is 0 Å². The Labute approximate surface area is 372 Å². The van der Waals surface area contributed by atoms with Gasteiger partial charge >= 0.3 is 376 Å². The predicted octanol–water partition coefficient (Wildman–Crippen LogP) is 11.9. The van der Waals surface area contributed by atoms with E-state index in [1.807, 2.05) is 0 Å². The number of halogens is 2. The summed E-state index contributed by atoms with van der Waals surface area (Å²) in [6.45, 7) is 0. The van der Waals surface area contributed by atoms with Crippen molar-refractivity contribution in [2.75, 3.05) is 12.3 Å². The first-order valence-electron chi connectivity index (χ1n) is 19.6. The monoisotopic (exact) mass is 1060 g/mol. The summed E-state index contributed by atoms with van der Waals surface area (Å²) < 4.78 is 0.633. The van der Waals surface area contributed by atoms with E-state index < -0.39 is 43.2 Å². The standard InChI is InChI=1S/2C26H23P2.2BrH.Pd/c2*1-5-13-23(14-6-1)27(24-15-7-2-8-16-24)21-22-28(25-17-9-3-10-18-25)26-19-11-4-12-20-26;;;/h2*1-21H,22H2;2*1H;/q;;;;+2/p-2. The van der Waals surface area contributed by atoms with Gasteiger partial charge in [0.2, 0.25) is 0 Å². The number of rotatable bonds is 16. The molecule has 0 spiro atoms. The van der Waals surface area contributed by atoms with Crippen LogP contribution in [-0.4, -0.2) is 20.6 Å². The molecule has 0 fully saturated rings. The minimum absolute atomic E-state index is 0.316. The zero-order chi connectivity index (χ0) is 40.3. The van der Waals surface area contributed by atoms with Crippen LogP contribution in [0.2, 0.25) is 0 Å². The van der Waals surface area contributed by atoms with E-state index in [1.165, 1.54) is 42.4 Å². The molecule has 0 aliphatic rings. The number of hydrogen-bond donors (Lipinski definition) is 0. The predicted molar refractivity (Wildman–Crippen MR) is 271 cm³/mol. The van der Waals surface area contributed by atoms with Gasteiger partial charge in [-0.3, -0.25) is 0 Å². The van der Waals surface area contributed by atoms with Crippen LogP contribution < -0.4 is 42.4 Å². The molecular formula is C52H46Br2P4Pd. The van der Waals surface area contributed by atoms with Gasteiger partial charge in [0.25, 0.3) is 0 Å². The minimum atomic E-state index is -2.94. The summed E-state index contributed by atoms with van der Waals surface area (Å²) in [6.07, 6.45) is 2.12. The normalized spacial score (nSPS) is 13.1. The number of benzene rings is 8. The second-order valence-corrected chi connectivity index (χ2v) is 42.5. The van der Waals surface area contributed by atoms with Crippen molar-refractivity contribution in [3.8, 4) is 0 Å². The van der Waals surface area contributed by atoms with Gasteiger partial charge in [-0.1, -0.05) is 0 Å². The third kappa shape index (κ3) is 10.6. The summed E-state index contributed by atoms with van der Waals surface area (Å²) in [4.78, 5) is 0. The van der Waals surface area contributed by atoms with E-state index in [0.29, 0.717) is 8.26 Å². The van der Waals surface area contributed by atoms with Crippen LogP contribution in [0.3, 0.4) is 0 Å². The zero-order valence-electron chi connectivity index (χ0n) is 32.5. The molecule has 0 bridgehead atoms. The van der Waals surface area contributed by atoms with Crippen molar-refractivity contribution >= 4 is 101 Å². The Morgan fingerprint density at radius 2 is 0.441 bits per heavy atom. The van der Waals surface area contributed by atoms with Gasteiger partial charge in [0.05, 0.1) is 0 Å². The molecule has 0 amide bonds. The van der Waals surface area contributed by atoms with Crippen molar-refractivity contribution < 1.29 is 11.5 Å². The first kappa shape index (κ1) is 42.8. The molecule has 8 aromatic carbocycles. The molecule has 8 aromatic rings. The molecule has 59 heavy (non-hydrogen) atoms. The van der Waals surface area contributed by atoms with Crippen molar-refractivity contribution in [2.45, 2.75) is 8.26 Å². The van der Waals surface area contributed by atoms with Gasteiger partial charge in [0, 0.05) is 0 Å². The van der Waals surface area contributed by atoms with E-state index >= 15 is 0 Å². The van der Waals surface area contributed by atoms with Gasteiger partial charge in [0.1, 0.15) is 0 Å². The fourth-order valence-electron chi connectivity index (χ4n) is 7.37. The van der Waals surface area contributed by atoms with Crippen LogP contribution in [0.25, 0.3) is 0 Å². The van der Waals surface area contributed by atoms with Crippen LogP contribution >= 0.6 is 58.5 Å². The van der Waals surface area contributed by atoms with Crippen LogP contribution in [0.4, 0.5) is 0 Å². The zero-order valence-corrected chi connectivity index (χ0v) is 40.8. The Hall–Kier alpha value is -2.90. The summed E-state index contributed by atoms with van der Waals surface area (Å²) >= 11 is 7.00. The van der Waals surface area contributed by atoms with Crippen molar-refractivity contribution in [3.05, 3.63) is 243 Å². The van der Waals surface area contributed by atoms with E-state index in [0.717, 1.165) is 12.3 Å². The third-order valence-electron chi connectivity index (χ3n) is 10.1. The van der Waals surface area contributed by atoms with Gasteiger partial charge in [0.15, 0.2) is 0 Å². The molecule has 0 N–H and O–H groups in total. The van der Waals surface area contributed by atoms with Crippen LogP contribution in [0.5, 0.6) is 0 Å². The van der Waals surface area contributed by atoms with E-state index in [9.17, 15) is 0 Å². The van der Waals surface area contributed by atoms with E-state index in [4.69, 9.17) is 26.9 Å².